The van der Waals surface area contributed by atoms with Gasteiger partial charge in [0.05, 0.1) is 12.1 Å². The number of pyridine rings is 1. The molecule has 1 aliphatic carbocycles. The van der Waals surface area contributed by atoms with E-state index in [2.05, 4.69) is 23.3 Å². The Labute approximate surface area is 171 Å². The fraction of sp³-hybridized carbons (Fsp3) is 0.545. The number of hydrogen-bond acceptors (Lipinski definition) is 3. The SMILES string of the molecule is CC[NH+]1CC[NH+](C(c2cccnc2)c2c(NC(C)=O)sc3c2CCCC3)CC1. The molecular formula is C22H32N4OS+2. The quantitative estimate of drug-likeness (QED) is 0.698. The van der Waals surface area contributed by atoms with Gasteiger partial charge in [0.2, 0.25) is 5.91 Å². The van der Waals surface area contributed by atoms with Crippen LogP contribution in [-0.2, 0) is 17.6 Å². The van der Waals surface area contributed by atoms with Gasteiger partial charge in [0.15, 0.2) is 0 Å². The Morgan fingerprint density at radius 2 is 2.04 bits per heavy atom. The molecule has 28 heavy (non-hydrogen) atoms. The number of rotatable bonds is 5. The largest absolute Gasteiger partial charge is 0.326 e. The normalized spacial score (nSPS) is 23.1. The summed E-state index contributed by atoms with van der Waals surface area (Å²) in [6, 6.07) is 4.52. The standard InChI is InChI=1S/C22H30N4OS/c1-3-25-11-13-26(14-12-25)21(17-7-6-10-23-15-17)20-18-8-4-5-9-19(18)28-22(20)24-16(2)27/h6-7,10,15,21H,3-5,8-9,11-14H2,1-2H3,(H,24,27)/p+2. The predicted octanol–water partition coefficient (Wildman–Crippen LogP) is 0.873. The molecule has 3 N–H and O–H groups in total. The van der Waals surface area contributed by atoms with Crippen LogP contribution in [0.3, 0.4) is 0 Å². The van der Waals surface area contributed by atoms with Crippen molar-refractivity contribution in [2.45, 2.75) is 45.6 Å². The molecule has 0 bridgehead atoms. The maximum atomic E-state index is 12.0. The lowest BCUT2D eigenvalue weighted by Gasteiger charge is -2.35. The number of likely N-dealkylation sites (N-methyl/N-ethyl adjacent to an activating group) is 1. The summed E-state index contributed by atoms with van der Waals surface area (Å²) >= 11 is 1.81. The van der Waals surface area contributed by atoms with Gasteiger partial charge in [-0.25, -0.2) is 0 Å². The lowest BCUT2D eigenvalue weighted by molar-refractivity contribution is -1.02. The van der Waals surface area contributed by atoms with Gasteiger partial charge in [-0.15, -0.1) is 11.3 Å². The second kappa shape index (κ2) is 8.72. The molecule has 150 valence electrons. The van der Waals surface area contributed by atoms with Crippen molar-refractivity contribution in [3.8, 4) is 0 Å². The fourth-order valence-electron chi connectivity index (χ4n) is 4.87. The van der Waals surface area contributed by atoms with Crippen LogP contribution >= 0.6 is 11.3 Å². The number of carbonyl (C=O) groups excluding carboxylic acids is 1. The average molecular weight is 401 g/mol. The highest BCUT2D eigenvalue weighted by atomic mass is 32.1. The summed E-state index contributed by atoms with van der Waals surface area (Å²) in [6.07, 6.45) is 8.68. The van der Waals surface area contributed by atoms with E-state index >= 15 is 0 Å². The number of hydrogen-bond donors (Lipinski definition) is 3. The maximum absolute atomic E-state index is 12.0. The van der Waals surface area contributed by atoms with E-state index in [0.717, 1.165) is 30.9 Å². The molecule has 2 aromatic rings. The Bertz CT molecular complexity index is 811. The van der Waals surface area contributed by atoms with Gasteiger partial charge in [-0.05, 0) is 50.3 Å². The van der Waals surface area contributed by atoms with Gasteiger partial charge in [-0.1, -0.05) is 0 Å². The number of anilines is 1. The molecular weight excluding hydrogens is 368 g/mol. The predicted molar refractivity (Wildman–Crippen MR) is 113 cm³/mol. The number of aryl methyl sites for hydroxylation is 1. The van der Waals surface area contributed by atoms with Crippen molar-refractivity contribution >= 4 is 22.2 Å². The summed E-state index contributed by atoms with van der Waals surface area (Å²) < 4.78 is 0. The minimum atomic E-state index is 0.0278. The van der Waals surface area contributed by atoms with Crippen LogP contribution in [0.15, 0.2) is 24.5 Å². The summed E-state index contributed by atoms with van der Waals surface area (Å²) in [7, 11) is 0. The van der Waals surface area contributed by atoms with Gasteiger partial charge >= 0.3 is 0 Å². The Balaban J connectivity index is 1.78. The van der Waals surface area contributed by atoms with E-state index < -0.39 is 0 Å². The number of nitrogens with zero attached hydrogens (tertiary/aromatic N) is 1. The summed E-state index contributed by atoms with van der Waals surface area (Å²) in [5, 5.41) is 4.26. The molecule has 1 saturated heterocycles. The van der Waals surface area contributed by atoms with Crippen LogP contribution < -0.4 is 15.1 Å². The molecule has 1 amide bonds. The van der Waals surface area contributed by atoms with Gasteiger partial charge < -0.3 is 15.1 Å². The van der Waals surface area contributed by atoms with E-state index in [4.69, 9.17) is 0 Å². The molecule has 2 aromatic heterocycles. The first kappa shape index (κ1) is 19.6. The first-order valence-corrected chi connectivity index (χ1v) is 11.5. The first-order chi connectivity index (χ1) is 13.7. The number of thiophene rings is 1. The van der Waals surface area contributed by atoms with Crippen LogP contribution in [0.2, 0.25) is 0 Å². The van der Waals surface area contributed by atoms with Crippen molar-refractivity contribution in [1.82, 2.24) is 4.98 Å². The summed E-state index contributed by atoms with van der Waals surface area (Å²) in [4.78, 5) is 21.2. The third-order valence-electron chi connectivity index (χ3n) is 6.32. The highest BCUT2D eigenvalue weighted by Crippen LogP contribution is 2.42. The van der Waals surface area contributed by atoms with E-state index in [9.17, 15) is 4.79 Å². The molecule has 0 aromatic carbocycles. The molecule has 1 aliphatic heterocycles. The smallest absolute Gasteiger partial charge is 0.221 e. The van der Waals surface area contributed by atoms with Crippen LogP contribution in [0.1, 0.15) is 54.3 Å². The number of carbonyl (C=O) groups is 1. The van der Waals surface area contributed by atoms with Crippen LogP contribution in [-0.4, -0.2) is 43.6 Å². The molecule has 2 aliphatic rings. The highest BCUT2D eigenvalue weighted by molar-refractivity contribution is 7.16. The molecule has 0 radical (unpaired) electrons. The molecule has 5 nitrogen and oxygen atoms in total. The van der Waals surface area contributed by atoms with Crippen molar-refractivity contribution in [3.63, 3.8) is 0 Å². The zero-order valence-corrected chi connectivity index (χ0v) is 17.8. The van der Waals surface area contributed by atoms with Crippen molar-refractivity contribution < 1.29 is 14.6 Å². The molecule has 0 spiro atoms. The van der Waals surface area contributed by atoms with Gasteiger partial charge in [-0.2, -0.15) is 0 Å². The third kappa shape index (κ3) is 4.00. The second-order valence-corrected chi connectivity index (χ2v) is 9.22. The van der Waals surface area contributed by atoms with Gasteiger partial charge in [-0.3, -0.25) is 9.78 Å². The summed E-state index contributed by atoms with van der Waals surface area (Å²) in [5.74, 6) is 0.0278. The van der Waals surface area contributed by atoms with Crippen molar-refractivity contribution in [1.29, 1.82) is 0 Å². The van der Waals surface area contributed by atoms with Crippen LogP contribution in [0.5, 0.6) is 0 Å². The first-order valence-electron chi connectivity index (χ1n) is 10.7. The third-order valence-corrected chi connectivity index (χ3v) is 7.54. The van der Waals surface area contributed by atoms with Gasteiger partial charge in [0, 0.05) is 29.8 Å². The maximum Gasteiger partial charge on any atom is 0.221 e. The van der Waals surface area contributed by atoms with Crippen LogP contribution in [0.4, 0.5) is 5.00 Å². The molecule has 3 heterocycles. The molecule has 1 fully saturated rings. The van der Waals surface area contributed by atoms with Crippen molar-refractivity contribution in [2.24, 2.45) is 0 Å². The number of fused-ring (bicyclic) bond motifs is 1. The summed E-state index contributed by atoms with van der Waals surface area (Å²) in [5.41, 5.74) is 4.15. The summed E-state index contributed by atoms with van der Waals surface area (Å²) in [6.45, 7) is 9.85. The number of quaternary nitrogens is 2. The van der Waals surface area contributed by atoms with Crippen molar-refractivity contribution in [2.75, 3.05) is 38.0 Å². The fourth-order valence-corrected chi connectivity index (χ4v) is 6.24. The molecule has 0 saturated carbocycles. The van der Waals surface area contributed by atoms with E-state index in [0.29, 0.717) is 0 Å². The molecule has 1 unspecified atom stereocenters. The van der Waals surface area contributed by atoms with E-state index in [1.807, 2.05) is 29.8 Å². The number of aromatic nitrogens is 1. The minimum absolute atomic E-state index is 0.0278. The molecule has 6 heteroatoms. The Morgan fingerprint density at radius 3 is 2.71 bits per heavy atom. The molecule has 4 rings (SSSR count). The van der Waals surface area contributed by atoms with E-state index in [-0.39, 0.29) is 11.9 Å². The van der Waals surface area contributed by atoms with Crippen LogP contribution in [0, 0.1) is 0 Å². The zero-order valence-electron chi connectivity index (χ0n) is 17.0. The zero-order chi connectivity index (χ0) is 19.5. The number of amides is 1. The van der Waals surface area contributed by atoms with Gasteiger partial charge in [0.1, 0.15) is 37.2 Å². The highest BCUT2D eigenvalue weighted by Gasteiger charge is 2.37. The number of nitrogens with one attached hydrogen (secondary N) is 3. The number of piperazine rings is 1. The Kier molecular flexibility index (Phi) is 6.09. The second-order valence-electron chi connectivity index (χ2n) is 8.12. The monoisotopic (exact) mass is 400 g/mol. The Morgan fingerprint density at radius 1 is 1.25 bits per heavy atom. The van der Waals surface area contributed by atoms with Crippen molar-refractivity contribution in [3.05, 3.63) is 46.1 Å². The Hall–Kier alpha value is -1.76. The van der Waals surface area contributed by atoms with E-state index in [1.54, 1.807) is 16.7 Å². The average Bonchev–Trinajstić information content (AvgIpc) is 3.07. The van der Waals surface area contributed by atoms with Gasteiger partial charge in [0.25, 0.3) is 0 Å². The molecule has 1 atom stereocenters. The minimum Gasteiger partial charge on any atom is -0.326 e. The van der Waals surface area contributed by atoms with E-state index in [1.165, 1.54) is 54.0 Å². The van der Waals surface area contributed by atoms with Crippen LogP contribution in [0.25, 0.3) is 0 Å². The lowest BCUT2D eigenvalue weighted by Crippen LogP contribution is -3.28. The lowest BCUT2D eigenvalue weighted by atomic mass is 9.89. The topological polar surface area (TPSA) is 50.9 Å².